The maximum atomic E-state index is 6.29. The van der Waals surface area contributed by atoms with Gasteiger partial charge >= 0.3 is 0 Å². The number of aromatic nitrogens is 4. The van der Waals surface area contributed by atoms with Crippen LogP contribution in [0.1, 0.15) is 30.0 Å². The van der Waals surface area contributed by atoms with Crippen molar-refractivity contribution in [2.45, 2.75) is 25.8 Å². The van der Waals surface area contributed by atoms with Gasteiger partial charge in [0, 0.05) is 32.1 Å². The number of rotatable bonds is 4. The van der Waals surface area contributed by atoms with E-state index in [0.717, 1.165) is 23.5 Å². The zero-order valence-corrected chi connectivity index (χ0v) is 11.2. The normalized spacial score (nSPS) is 12.7. The van der Waals surface area contributed by atoms with E-state index < -0.39 is 0 Å². The molecular weight excluding hydrogens is 250 g/mol. The third-order valence-electron chi connectivity index (χ3n) is 2.88. The Morgan fingerprint density at radius 2 is 2.22 bits per heavy atom. The van der Waals surface area contributed by atoms with E-state index in [1.54, 1.807) is 23.3 Å². The van der Waals surface area contributed by atoms with E-state index in [-0.39, 0.29) is 6.04 Å². The summed E-state index contributed by atoms with van der Waals surface area (Å²) in [6, 6.07) is -0.226. The minimum atomic E-state index is -0.226. The molecule has 5 nitrogen and oxygen atoms in total. The quantitative estimate of drug-likeness (QED) is 0.913. The second-order valence-electron chi connectivity index (χ2n) is 4.13. The Hall–Kier alpha value is -1.46. The van der Waals surface area contributed by atoms with E-state index in [1.807, 2.05) is 14.0 Å². The molecule has 1 unspecified atom stereocenters. The second kappa shape index (κ2) is 5.46. The highest BCUT2D eigenvalue weighted by Gasteiger charge is 2.17. The first-order chi connectivity index (χ1) is 8.63. The van der Waals surface area contributed by atoms with Gasteiger partial charge in [-0.05, 0) is 6.42 Å². The van der Waals surface area contributed by atoms with Gasteiger partial charge in [0.05, 0.1) is 28.1 Å². The first kappa shape index (κ1) is 13.0. The van der Waals surface area contributed by atoms with Gasteiger partial charge < -0.3 is 5.73 Å². The molecule has 0 aliphatic heterocycles. The Bertz CT molecular complexity index is 523. The maximum absolute atomic E-state index is 6.29. The summed E-state index contributed by atoms with van der Waals surface area (Å²) in [7, 11) is 1.88. The topological polar surface area (TPSA) is 69.6 Å². The van der Waals surface area contributed by atoms with Crippen molar-refractivity contribution in [1.82, 2.24) is 19.7 Å². The molecule has 0 bridgehead atoms. The second-order valence-corrected chi connectivity index (χ2v) is 4.50. The highest BCUT2D eigenvalue weighted by molar-refractivity contribution is 6.31. The average molecular weight is 266 g/mol. The van der Waals surface area contributed by atoms with Crippen LogP contribution in [0.2, 0.25) is 5.02 Å². The van der Waals surface area contributed by atoms with Gasteiger partial charge in [-0.1, -0.05) is 18.5 Å². The number of halogens is 1. The first-order valence-corrected chi connectivity index (χ1v) is 6.23. The molecule has 2 heterocycles. The van der Waals surface area contributed by atoms with Gasteiger partial charge in [0.15, 0.2) is 0 Å². The number of aryl methyl sites for hydroxylation is 2. The summed E-state index contributed by atoms with van der Waals surface area (Å²) in [5.74, 6) is 0. The Morgan fingerprint density at radius 1 is 1.44 bits per heavy atom. The van der Waals surface area contributed by atoms with Crippen molar-refractivity contribution in [3.63, 3.8) is 0 Å². The predicted octanol–water partition coefficient (Wildman–Crippen LogP) is 1.67. The fraction of sp³-hybridized carbons (Fsp3) is 0.417. The average Bonchev–Trinajstić information content (AvgIpc) is 2.67. The largest absolute Gasteiger partial charge is 0.322 e. The van der Waals surface area contributed by atoms with Crippen LogP contribution >= 0.6 is 11.6 Å². The summed E-state index contributed by atoms with van der Waals surface area (Å²) in [5, 5.41) is 5.08. The molecule has 0 spiro atoms. The molecule has 0 amide bonds. The van der Waals surface area contributed by atoms with Crippen LogP contribution in [0.5, 0.6) is 0 Å². The van der Waals surface area contributed by atoms with Crippen LogP contribution in [0, 0.1) is 0 Å². The van der Waals surface area contributed by atoms with E-state index >= 15 is 0 Å². The number of hydrogen-bond acceptors (Lipinski definition) is 4. The van der Waals surface area contributed by atoms with E-state index in [4.69, 9.17) is 17.3 Å². The Labute approximate surface area is 111 Å². The molecule has 0 fully saturated rings. The van der Waals surface area contributed by atoms with Crippen LogP contribution in [-0.4, -0.2) is 19.7 Å². The fourth-order valence-corrected chi connectivity index (χ4v) is 2.23. The molecule has 96 valence electrons. The summed E-state index contributed by atoms with van der Waals surface area (Å²) in [6.45, 7) is 2.03. The molecule has 0 aliphatic carbocycles. The third-order valence-corrected chi connectivity index (χ3v) is 3.32. The maximum Gasteiger partial charge on any atom is 0.0850 e. The van der Waals surface area contributed by atoms with Gasteiger partial charge in [0.1, 0.15) is 0 Å². The lowest BCUT2D eigenvalue weighted by Crippen LogP contribution is -2.17. The highest BCUT2D eigenvalue weighted by atomic mass is 35.5. The molecule has 2 N–H and O–H groups in total. The van der Waals surface area contributed by atoms with Gasteiger partial charge in [0.25, 0.3) is 0 Å². The smallest absolute Gasteiger partial charge is 0.0850 e. The fourth-order valence-electron chi connectivity index (χ4n) is 1.86. The third kappa shape index (κ3) is 2.52. The predicted molar refractivity (Wildman–Crippen MR) is 70.3 cm³/mol. The molecule has 18 heavy (non-hydrogen) atoms. The standard InChI is InChI=1S/C12H16ClN5/c1-3-9-12(13)11(18(2)17-9)6-8(14)10-7-15-4-5-16-10/h4-5,7-8H,3,6,14H2,1-2H3. The van der Waals surface area contributed by atoms with Crippen molar-refractivity contribution in [3.8, 4) is 0 Å². The summed E-state index contributed by atoms with van der Waals surface area (Å²) >= 11 is 6.29. The van der Waals surface area contributed by atoms with Crippen molar-refractivity contribution in [3.05, 3.63) is 40.7 Å². The minimum Gasteiger partial charge on any atom is -0.322 e. The summed E-state index contributed by atoms with van der Waals surface area (Å²) in [5.41, 5.74) is 8.71. The van der Waals surface area contributed by atoms with Crippen LogP contribution < -0.4 is 5.73 Å². The van der Waals surface area contributed by atoms with E-state index in [9.17, 15) is 0 Å². The van der Waals surface area contributed by atoms with Crippen LogP contribution in [0.3, 0.4) is 0 Å². The Kier molecular flexibility index (Phi) is 3.93. The molecule has 2 rings (SSSR count). The van der Waals surface area contributed by atoms with Crippen molar-refractivity contribution in [2.24, 2.45) is 12.8 Å². The molecule has 0 saturated carbocycles. The van der Waals surface area contributed by atoms with Crippen LogP contribution in [-0.2, 0) is 19.9 Å². The van der Waals surface area contributed by atoms with Crippen molar-refractivity contribution in [1.29, 1.82) is 0 Å². The lowest BCUT2D eigenvalue weighted by Gasteiger charge is -2.10. The minimum absolute atomic E-state index is 0.226. The lowest BCUT2D eigenvalue weighted by atomic mass is 10.1. The lowest BCUT2D eigenvalue weighted by molar-refractivity contribution is 0.625. The van der Waals surface area contributed by atoms with Gasteiger partial charge in [-0.15, -0.1) is 0 Å². The molecule has 1 atom stereocenters. The summed E-state index contributed by atoms with van der Waals surface area (Å²) in [6.07, 6.45) is 6.35. The molecule has 0 aliphatic rings. The van der Waals surface area contributed by atoms with Gasteiger partial charge in [-0.3, -0.25) is 14.6 Å². The Balaban J connectivity index is 2.22. The molecule has 0 radical (unpaired) electrons. The molecule has 6 heteroatoms. The highest BCUT2D eigenvalue weighted by Crippen LogP contribution is 2.24. The SMILES string of the molecule is CCc1nn(C)c(CC(N)c2cnccn2)c1Cl. The summed E-state index contributed by atoms with van der Waals surface area (Å²) in [4.78, 5) is 8.22. The molecule has 0 aromatic carbocycles. The zero-order valence-electron chi connectivity index (χ0n) is 10.5. The zero-order chi connectivity index (χ0) is 13.1. The molecule has 2 aromatic rings. The number of hydrogen-bond donors (Lipinski definition) is 1. The van der Waals surface area contributed by atoms with E-state index in [1.165, 1.54) is 0 Å². The van der Waals surface area contributed by atoms with Crippen molar-refractivity contribution < 1.29 is 0 Å². The van der Waals surface area contributed by atoms with Gasteiger partial charge in [-0.2, -0.15) is 5.10 Å². The van der Waals surface area contributed by atoms with Gasteiger partial charge in [0.2, 0.25) is 0 Å². The van der Waals surface area contributed by atoms with E-state index in [2.05, 4.69) is 15.1 Å². The number of nitrogens with two attached hydrogens (primary N) is 1. The van der Waals surface area contributed by atoms with Gasteiger partial charge in [-0.25, -0.2) is 0 Å². The van der Waals surface area contributed by atoms with Crippen molar-refractivity contribution in [2.75, 3.05) is 0 Å². The molecule has 2 aromatic heterocycles. The van der Waals surface area contributed by atoms with Crippen LogP contribution in [0.15, 0.2) is 18.6 Å². The monoisotopic (exact) mass is 265 g/mol. The summed E-state index contributed by atoms with van der Waals surface area (Å²) < 4.78 is 1.79. The number of nitrogens with zero attached hydrogens (tertiary/aromatic N) is 4. The Morgan fingerprint density at radius 3 is 2.78 bits per heavy atom. The molecule has 0 saturated heterocycles. The van der Waals surface area contributed by atoms with E-state index in [0.29, 0.717) is 11.4 Å². The first-order valence-electron chi connectivity index (χ1n) is 5.85. The van der Waals surface area contributed by atoms with Crippen LogP contribution in [0.4, 0.5) is 0 Å². The molecular formula is C12H16ClN5. The van der Waals surface area contributed by atoms with Crippen molar-refractivity contribution >= 4 is 11.6 Å². The van der Waals surface area contributed by atoms with Crippen LogP contribution in [0.25, 0.3) is 0 Å².